The summed E-state index contributed by atoms with van der Waals surface area (Å²) < 4.78 is 2.47. The Morgan fingerprint density at radius 1 is 0.235 bits per heavy atom. The number of hydrogen-bond donors (Lipinski definition) is 0. The molecule has 2 heteroatoms. The minimum absolute atomic E-state index is 0.512. The zero-order valence-electron chi connectivity index (χ0n) is 46.7. The molecule has 1 aliphatic rings. The molecule has 0 fully saturated rings. The highest BCUT2D eigenvalue weighted by Crippen LogP contribution is 2.57. The van der Waals surface area contributed by atoms with Crippen molar-refractivity contribution >= 4 is 49.6 Å². The van der Waals surface area contributed by atoms with E-state index in [1.54, 1.807) is 0 Å². The zero-order valence-corrected chi connectivity index (χ0v) is 46.7. The minimum Gasteiger partial charge on any atom is -0.310 e. The smallest absolute Gasteiger partial charge is 0.0714 e. The number of anilines is 3. The van der Waals surface area contributed by atoms with E-state index < -0.39 is 5.41 Å². The van der Waals surface area contributed by atoms with Crippen LogP contribution in [0.1, 0.15) is 22.3 Å². The van der Waals surface area contributed by atoms with Crippen LogP contribution in [-0.2, 0) is 5.41 Å². The molecule has 2 nitrogen and oxygen atoms in total. The van der Waals surface area contributed by atoms with Crippen LogP contribution in [0.3, 0.4) is 0 Å². The molecule has 0 radical (unpaired) electrons. The molecule has 0 saturated carbocycles. The Balaban J connectivity index is 0.792. The fourth-order valence-corrected chi connectivity index (χ4v) is 13.7. The molecule has 0 aliphatic heterocycles. The van der Waals surface area contributed by atoms with E-state index in [2.05, 4.69) is 349 Å². The summed E-state index contributed by atoms with van der Waals surface area (Å²) in [6.07, 6.45) is 0. The second-order valence-electron chi connectivity index (χ2n) is 22.4. The summed E-state index contributed by atoms with van der Waals surface area (Å²) in [6.45, 7) is 0. The van der Waals surface area contributed by atoms with Gasteiger partial charge in [-0.05, 0) is 179 Å². The highest BCUT2D eigenvalue weighted by atomic mass is 15.1. The number of aromatic nitrogens is 1. The lowest BCUT2D eigenvalue weighted by molar-refractivity contribution is 0.768. The highest BCUT2D eigenvalue weighted by molar-refractivity contribution is 6.11. The van der Waals surface area contributed by atoms with Crippen LogP contribution < -0.4 is 4.90 Å². The van der Waals surface area contributed by atoms with Crippen molar-refractivity contribution in [3.05, 3.63) is 362 Å². The van der Waals surface area contributed by atoms with Gasteiger partial charge >= 0.3 is 0 Å². The third-order valence-electron chi connectivity index (χ3n) is 17.6. The molecule has 15 aromatic rings. The van der Waals surface area contributed by atoms with Crippen LogP contribution in [0, 0.1) is 0 Å². The maximum absolute atomic E-state index is 2.47. The lowest BCUT2D eigenvalue weighted by Gasteiger charge is -2.35. The second-order valence-corrected chi connectivity index (χ2v) is 22.4. The lowest BCUT2D eigenvalue weighted by Crippen LogP contribution is -2.28. The number of fused-ring (bicyclic) bond motifs is 7. The van der Waals surface area contributed by atoms with Gasteiger partial charge in [0.15, 0.2) is 0 Å². The molecule has 0 N–H and O–H groups in total. The van der Waals surface area contributed by atoms with Crippen molar-refractivity contribution in [2.75, 3.05) is 4.90 Å². The van der Waals surface area contributed by atoms with E-state index in [4.69, 9.17) is 0 Å². The first-order valence-corrected chi connectivity index (χ1v) is 29.4. The molecular formula is C83H56N2. The van der Waals surface area contributed by atoms with Crippen molar-refractivity contribution in [1.29, 1.82) is 0 Å². The van der Waals surface area contributed by atoms with Crippen LogP contribution in [0.25, 0.3) is 105 Å². The normalized spacial score (nSPS) is 12.3. The van der Waals surface area contributed by atoms with Crippen molar-refractivity contribution in [3.8, 4) is 72.4 Å². The predicted molar refractivity (Wildman–Crippen MR) is 357 cm³/mol. The van der Waals surface area contributed by atoms with E-state index in [0.717, 1.165) is 33.8 Å². The van der Waals surface area contributed by atoms with E-state index >= 15 is 0 Å². The van der Waals surface area contributed by atoms with Gasteiger partial charge in [0.25, 0.3) is 0 Å². The summed E-state index contributed by atoms with van der Waals surface area (Å²) in [5.41, 5.74) is 25.6. The maximum atomic E-state index is 2.47. The van der Waals surface area contributed by atoms with Crippen LogP contribution in [0.2, 0.25) is 0 Å². The summed E-state index contributed by atoms with van der Waals surface area (Å²) in [7, 11) is 0. The lowest BCUT2D eigenvalue weighted by atomic mass is 9.67. The Hall–Kier alpha value is -11.1. The minimum atomic E-state index is -0.512. The van der Waals surface area contributed by atoms with Crippen LogP contribution >= 0.6 is 0 Å². The molecule has 0 amide bonds. The zero-order chi connectivity index (χ0) is 56.3. The third kappa shape index (κ3) is 8.49. The van der Waals surface area contributed by atoms with Crippen LogP contribution in [0.15, 0.2) is 340 Å². The number of nitrogens with zero attached hydrogens (tertiary/aromatic N) is 2. The van der Waals surface area contributed by atoms with Crippen LogP contribution in [0.4, 0.5) is 17.1 Å². The molecule has 0 spiro atoms. The van der Waals surface area contributed by atoms with Gasteiger partial charge in [-0.15, -0.1) is 0 Å². The average molecular weight is 1080 g/mol. The monoisotopic (exact) mass is 1080 g/mol. The summed E-state index contributed by atoms with van der Waals surface area (Å²) >= 11 is 0. The standard InChI is InChI=1S/C83H56N2/c1-5-21-57(22-6-1)59-37-39-60(40-38-59)65-52-66(63-42-41-58-23-13-14-24-62(58)51-63)54-72(53-65)85-81-36-20-18-34-77(81)78-55-64(45-50-82(78)85)74-32-16-15-31-73(74)61-43-46-70(47-44-61)84(69-29-11-4-12-30-69)71-48-49-76-75-33-17-19-35-79(75)83(80(76)56-71,67-25-7-2-8-26-67)68-27-9-3-10-28-68/h1-56H. The van der Waals surface area contributed by atoms with Crippen molar-refractivity contribution < 1.29 is 0 Å². The largest absolute Gasteiger partial charge is 0.310 e. The summed E-state index contributed by atoms with van der Waals surface area (Å²) in [5.74, 6) is 0. The van der Waals surface area contributed by atoms with Gasteiger partial charge in [-0.25, -0.2) is 0 Å². The molecule has 1 aliphatic carbocycles. The van der Waals surface area contributed by atoms with Crippen LogP contribution in [0.5, 0.6) is 0 Å². The van der Waals surface area contributed by atoms with Gasteiger partial charge in [0.05, 0.1) is 16.4 Å². The number of hydrogen-bond acceptors (Lipinski definition) is 1. The van der Waals surface area contributed by atoms with Gasteiger partial charge in [0.1, 0.15) is 0 Å². The van der Waals surface area contributed by atoms with Gasteiger partial charge in [-0.3, -0.25) is 0 Å². The third-order valence-corrected chi connectivity index (χ3v) is 17.6. The molecular weight excluding hydrogens is 1020 g/mol. The highest BCUT2D eigenvalue weighted by Gasteiger charge is 2.46. The van der Waals surface area contributed by atoms with Gasteiger partial charge in [-0.2, -0.15) is 0 Å². The molecule has 0 saturated heterocycles. The van der Waals surface area contributed by atoms with E-state index in [9.17, 15) is 0 Å². The van der Waals surface area contributed by atoms with E-state index in [1.165, 1.54) is 111 Å². The summed E-state index contributed by atoms with van der Waals surface area (Å²) in [4.78, 5) is 2.41. The molecule has 1 heterocycles. The number of rotatable bonds is 11. The summed E-state index contributed by atoms with van der Waals surface area (Å²) in [5, 5.41) is 4.89. The quantitative estimate of drug-likeness (QED) is 0.125. The maximum Gasteiger partial charge on any atom is 0.0714 e. The molecule has 16 rings (SSSR count). The number of benzene rings is 14. The average Bonchev–Trinajstić information content (AvgIpc) is 1.72. The molecule has 0 atom stereocenters. The van der Waals surface area contributed by atoms with E-state index in [0.29, 0.717) is 0 Å². The Morgan fingerprint density at radius 3 is 1.44 bits per heavy atom. The number of para-hydroxylation sites is 2. The topological polar surface area (TPSA) is 8.17 Å². The van der Waals surface area contributed by atoms with E-state index in [1.807, 2.05) is 0 Å². The van der Waals surface area contributed by atoms with Crippen molar-refractivity contribution in [2.24, 2.45) is 0 Å². The Kier molecular flexibility index (Phi) is 12.1. The second kappa shape index (κ2) is 20.7. The van der Waals surface area contributed by atoms with Gasteiger partial charge in [-0.1, -0.05) is 261 Å². The van der Waals surface area contributed by atoms with Gasteiger partial charge in [0, 0.05) is 33.5 Å². The van der Waals surface area contributed by atoms with Crippen molar-refractivity contribution in [2.45, 2.75) is 5.41 Å². The molecule has 85 heavy (non-hydrogen) atoms. The van der Waals surface area contributed by atoms with E-state index in [-0.39, 0.29) is 0 Å². The summed E-state index contributed by atoms with van der Waals surface area (Å²) in [6, 6.07) is 125. The first-order chi connectivity index (χ1) is 42.1. The first kappa shape index (κ1) is 49.7. The molecule has 14 aromatic carbocycles. The van der Waals surface area contributed by atoms with Gasteiger partial charge in [0.2, 0.25) is 0 Å². The predicted octanol–water partition coefficient (Wildman–Crippen LogP) is 22.1. The molecule has 0 unspecified atom stereocenters. The van der Waals surface area contributed by atoms with Gasteiger partial charge < -0.3 is 9.47 Å². The first-order valence-electron chi connectivity index (χ1n) is 29.4. The SMILES string of the molecule is c1ccc(-c2ccc(-c3cc(-c4ccc5ccccc5c4)cc(-n4c5ccccc5c5cc(-c6ccccc6-c6ccc(N(c7ccccc7)c7ccc8c(c7)C(c7ccccc7)(c7ccccc7)c7ccccc7-8)cc6)ccc54)c3)cc2)cc1. The van der Waals surface area contributed by atoms with Crippen LogP contribution in [-0.4, -0.2) is 4.57 Å². The van der Waals surface area contributed by atoms with Crippen molar-refractivity contribution in [3.63, 3.8) is 0 Å². The fourth-order valence-electron chi connectivity index (χ4n) is 13.7. The Labute approximate surface area is 496 Å². The molecule has 1 aromatic heterocycles. The van der Waals surface area contributed by atoms with Crippen molar-refractivity contribution in [1.82, 2.24) is 4.57 Å². The Morgan fingerprint density at radius 2 is 0.718 bits per heavy atom. The molecule has 0 bridgehead atoms. The Bertz CT molecular complexity index is 4930. The fraction of sp³-hybridized carbons (Fsp3) is 0.0120. The molecule has 398 valence electrons.